The molecule has 1 saturated heterocycles. The van der Waals surface area contributed by atoms with Crippen molar-refractivity contribution in [2.24, 2.45) is 0 Å². The minimum Gasteiger partial charge on any atom is -0.340 e. The third kappa shape index (κ3) is 3.07. The SMILES string of the molecule is Cc1c(Cl)cccc1Nc1ccc(C(=O)N2CCCC2)cn1. The number of carbonyl (C=O) groups excluding carboxylic acids is 1. The van der Waals surface area contributed by atoms with Crippen molar-refractivity contribution in [2.45, 2.75) is 19.8 Å². The van der Waals surface area contributed by atoms with Crippen molar-refractivity contribution in [3.8, 4) is 0 Å². The molecule has 1 aliphatic rings. The van der Waals surface area contributed by atoms with E-state index in [4.69, 9.17) is 11.6 Å². The zero-order valence-electron chi connectivity index (χ0n) is 12.5. The molecule has 2 heterocycles. The number of hydrogen-bond acceptors (Lipinski definition) is 3. The van der Waals surface area contributed by atoms with Crippen LogP contribution in [0.25, 0.3) is 0 Å². The molecule has 1 aromatic heterocycles. The first-order valence-electron chi connectivity index (χ1n) is 7.42. The normalized spacial score (nSPS) is 14.2. The van der Waals surface area contributed by atoms with Crippen molar-refractivity contribution in [2.75, 3.05) is 18.4 Å². The van der Waals surface area contributed by atoms with Gasteiger partial charge in [-0.3, -0.25) is 4.79 Å². The molecule has 5 heteroatoms. The Bertz CT molecular complexity index is 679. The second-order valence-corrected chi connectivity index (χ2v) is 5.88. The van der Waals surface area contributed by atoms with E-state index in [2.05, 4.69) is 10.3 Å². The number of anilines is 2. The summed E-state index contributed by atoms with van der Waals surface area (Å²) in [6.07, 6.45) is 3.81. The Labute approximate surface area is 135 Å². The summed E-state index contributed by atoms with van der Waals surface area (Å²) in [6.45, 7) is 3.65. The molecular weight excluding hydrogens is 298 g/mol. The number of nitrogens with zero attached hydrogens (tertiary/aromatic N) is 2. The Balaban J connectivity index is 1.74. The summed E-state index contributed by atoms with van der Waals surface area (Å²) in [5.41, 5.74) is 2.53. The molecule has 0 aliphatic carbocycles. The van der Waals surface area contributed by atoms with Gasteiger partial charge >= 0.3 is 0 Å². The van der Waals surface area contributed by atoms with Gasteiger partial charge in [0.15, 0.2) is 0 Å². The van der Waals surface area contributed by atoms with Crippen LogP contribution in [0.4, 0.5) is 11.5 Å². The predicted molar refractivity (Wildman–Crippen MR) is 88.8 cm³/mol. The average molecular weight is 316 g/mol. The summed E-state index contributed by atoms with van der Waals surface area (Å²) < 4.78 is 0. The first kappa shape index (κ1) is 14.9. The minimum atomic E-state index is 0.0653. The Kier molecular flexibility index (Phi) is 4.29. The van der Waals surface area contributed by atoms with Crippen molar-refractivity contribution in [3.63, 3.8) is 0 Å². The van der Waals surface area contributed by atoms with E-state index in [9.17, 15) is 4.79 Å². The lowest BCUT2D eigenvalue weighted by atomic mass is 10.2. The molecule has 0 atom stereocenters. The number of likely N-dealkylation sites (tertiary alicyclic amines) is 1. The number of nitrogens with one attached hydrogen (secondary N) is 1. The van der Waals surface area contributed by atoms with Crippen LogP contribution in [0.5, 0.6) is 0 Å². The number of rotatable bonds is 3. The molecule has 0 unspecified atom stereocenters. The summed E-state index contributed by atoms with van der Waals surface area (Å²) in [7, 11) is 0. The largest absolute Gasteiger partial charge is 0.340 e. The fraction of sp³-hybridized carbons (Fsp3) is 0.294. The quantitative estimate of drug-likeness (QED) is 0.930. The van der Waals surface area contributed by atoms with Gasteiger partial charge in [0.05, 0.1) is 5.56 Å². The standard InChI is InChI=1S/C17H18ClN3O/c1-12-14(18)5-4-6-15(12)20-16-8-7-13(11-19-16)17(22)21-9-2-3-10-21/h4-8,11H,2-3,9-10H2,1H3,(H,19,20). The van der Waals surface area contributed by atoms with Gasteiger partial charge in [-0.25, -0.2) is 4.98 Å². The van der Waals surface area contributed by atoms with E-state index >= 15 is 0 Å². The van der Waals surface area contributed by atoms with Crippen molar-refractivity contribution in [1.29, 1.82) is 0 Å². The molecule has 1 amide bonds. The Morgan fingerprint density at radius 2 is 2.00 bits per heavy atom. The third-order valence-corrected chi connectivity index (χ3v) is 4.34. The topological polar surface area (TPSA) is 45.2 Å². The maximum Gasteiger partial charge on any atom is 0.255 e. The van der Waals surface area contributed by atoms with E-state index in [-0.39, 0.29) is 5.91 Å². The molecule has 0 bridgehead atoms. The fourth-order valence-corrected chi connectivity index (χ4v) is 2.75. The summed E-state index contributed by atoms with van der Waals surface area (Å²) >= 11 is 6.11. The molecule has 0 spiro atoms. The smallest absolute Gasteiger partial charge is 0.255 e. The van der Waals surface area contributed by atoms with Crippen molar-refractivity contribution in [1.82, 2.24) is 9.88 Å². The molecular formula is C17H18ClN3O. The van der Waals surface area contributed by atoms with Gasteiger partial charge in [0.2, 0.25) is 0 Å². The minimum absolute atomic E-state index is 0.0653. The fourth-order valence-electron chi connectivity index (χ4n) is 2.58. The summed E-state index contributed by atoms with van der Waals surface area (Å²) in [6, 6.07) is 9.34. The number of carbonyl (C=O) groups is 1. The zero-order valence-corrected chi connectivity index (χ0v) is 13.2. The Hall–Kier alpha value is -2.07. The van der Waals surface area contributed by atoms with Crippen LogP contribution in [0.2, 0.25) is 5.02 Å². The van der Waals surface area contributed by atoms with Crippen molar-refractivity contribution < 1.29 is 4.79 Å². The molecule has 3 rings (SSSR count). The van der Waals surface area contributed by atoms with Gasteiger partial charge < -0.3 is 10.2 Å². The highest BCUT2D eigenvalue weighted by molar-refractivity contribution is 6.31. The average Bonchev–Trinajstić information content (AvgIpc) is 3.06. The molecule has 1 aromatic carbocycles. The molecule has 1 fully saturated rings. The lowest BCUT2D eigenvalue weighted by Gasteiger charge is -2.15. The molecule has 114 valence electrons. The zero-order chi connectivity index (χ0) is 15.5. The van der Waals surface area contributed by atoms with Gasteiger partial charge in [-0.1, -0.05) is 17.7 Å². The van der Waals surface area contributed by atoms with Crippen LogP contribution >= 0.6 is 11.6 Å². The van der Waals surface area contributed by atoms with Crippen LogP contribution in [0, 0.1) is 6.92 Å². The molecule has 2 aromatic rings. The number of benzene rings is 1. The van der Waals surface area contributed by atoms with Gasteiger partial charge in [0.1, 0.15) is 5.82 Å². The van der Waals surface area contributed by atoms with Crippen LogP contribution in [0.1, 0.15) is 28.8 Å². The number of amides is 1. The lowest BCUT2D eigenvalue weighted by molar-refractivity contribution is 0.0792. The van der Waals surface area contributed by atoms with Gasteiger partial charge in [0, 0.05) is 30.0 Å². The van der Waals surface area contributed by atoms with Crippen LogP contribution < -0.4 is 5.32 Å². The van der Waals surface area contributed by atoms with Crippen LogP contribution in [-0.2, 0) is 0 Å². The highest BCUT2D eigenvalue weighted by atomic mass is 35.5. The van der Waals surface area contributed by atoms with E-state index in [1.54, 1.807) is 6.20 Å². The maximum atomic E-state index is 12.3. The van der Waals surface area contributed by atoms with Gasteiger partial charge in [-0.15, -0.1) is 0 Å². The lowest BCUT2D eigenvalue weighted by Crippen LogP contribution is -2.27. The predicted octanol–water partition coefficient (Wildman–Crippen LogP) is 4.02. The Morgan fingerprint density at radius 3 is 2.68 bits per heavy atom. The number of hydrogen-bond donors (Lipinski definition) is 1. The molecule has 1 N–H and O–H groups in total. The molecule has 0 radical (unpaired) electrons. The number of pyridine rings is 1. The first-order chi connectivity index (χ1) is 10.6. The van der Waals surface area contributed by atoms with Gasteiger partial charge in [-0.05, 0) is 49.6 Å². The van der Waals surface area contributed by atoms with Crippen LogP contribution in [0.15, 0.2) is 36.5 Å². The highest BCUT2D eigenvalue weighted by Crippen LogP contribution is 2.25. The number of halogens is 1. The number of aromatic nitrogens is 1. The van der Waals surface area contributed by atoms with Gasteiger partial charge in [-0.2, -0.15) is 0 Å². The molecule has 0 saturated carbocycles. The summed E-state index contributed by atoms with van der Waals surface area (Å²) in [5.74, 6) is 0.763. The van der Waals surface area contributed by atoms with Crippen LogP contribution in [-0.4, -0.2) is 28.9 Å². The molecule has 22 heavy (non-hydrogen) atoms. The van der Waals surface area contributed by atoms with Crippen LogP contribution in [0.3, 0.4) is 0 Å². The highest BCUT2D eigenvalue weighted by Gasteiger charge is 2.19. The Morgan fingerprint density at radius 1 is 1.23 bits per heavy atom. The molecule has 4 nitrogen and oxygen atoms in total. The van der Waals surface area contributed by atoms with E-state index in [1.807, 2.05) is 42.2 Å². The van der Waals surface area contributed by atoms with Crippen molar-refractivity contribution >= 4 is 29.0 Å². The summed E-state index contributed by atoms with van der Waals surface area (Å²) in [5, 5.41) is 3.94. The van der Waals surface area contributed by atoms with E-state index in [0.29, 0.717) is 16.4 Å². The third-order valence-electron chi connectivity index (χ3n) is 3.93. The maximum absolute atomic E-state index is 12.3. The molecule has 1 aliphatic heterocycles. The monoisotopic (exact) mass is 315 g/mol. The van der Waals surface area contributed by atoms with Gasteiger partial charge in [0.25, 0.3) is 5.91 Å². The second-order valence-electron chi connectivity index (χ2n) is 5.47. The van der Waals surface area contributed by atoms with E-state index in [0.717, 1.165) is 37.2 Å². The second kappa shape index (κ2) is 6.36. The first-order valence-corrected chi connectivity index (χ1v) is 7.80. The van der Waals surface area contributed by atoms with Crippen molar-refractivity contribution in [3.05, 3.63) is 52.7 Å². The van der Waals surface area contributed by atoms with E-state index < -0.39 is 0 Å². The van der Waals surface area contributed by atoms with E-state index in [1.165, 1.54) is 0 Å². The summed E-state index contributed by atoms with van der Waals surface area (Å²) in [4.78, 5) is 18.5.